The lowest BCUT2D eigenvalue weighted by Gasteiger charge is -2.29. The summed E-state index contributed by atoms with van der Waals surface area (Å²) in [4.78, 5) is 6.16. The molecule has 5 nitrogen and oxygen atoms in total. The number of rotatable bonds is 2. The van der Waals surface area contributed by atoms with Crippen molar-refractivity contribution < 1.29 is 4.42 Å². The summed E-state index contributed by atoms with van der Waals surface area (Å²) in [6.45, 7) is 2.15. The Balaban J connectivity index is 1.95. The van der Waals surface area contributed by atoms with Crippen molar-refractivity contribution >= 4 is 5.71 Å². The highest BCUT2D eigenvalue weighted by molar-refractivity contribution is 5.87. The molecule has 0 aromatic carbocycles. The van der Waals surface area contributed by atoms with Crippen LogP contribution in [0.1, 0.15) is 12.1 Å². The van der Waals surface area contributed by atoms with Crippen molar-refractivity contribution in [2.45, 2.75) is 13.0 Å². The maximum Gasteiger partial charge on any atom is 0.180 e. The zero-order valence-electron chi connectivity index (χ0n) is 8.31. The van der Waals surface area contributed by atoms with E-state index in [2.05, 4.69) is 16.0 Å². The molecule has 1 N–H and O–H groups in total. The van der Waals surface area contributed by atoms with Crippen molar-refractivity contribution in [2.24, 2.45) is 5.92 Å². The first-order valence-corrected chi connectivity index (χ1v) is 4.86. The van der Waals surface area contributed by atoms with E-state index in [4.69, 9.17) is 15.1 Å². The predicted octanol–water partition coefficient (Wildman–Crippen LogP) is 1.04. The molecular formula is C10H12N4O. The number of nitrogens with one attached hydrogen (secondary N) is 1. The van der Waals surface area contributed by atoms with Crippen LogP contribution in [0.2, 0.25) is 0 Å². The maximum atomic E-state index is 8.85. The Kier molecular flexibility index (Phi) is 2.79. The van der Waals surface area contributed by atoms with Gasteiger partial charge in [-0.1, -0.05) is 0 Å². The van der Waals surface area contributed by atoms with E-state index in [0.29, 0.717) is 25.2 Å². The van der Waals surface area contributed by atoms with E-state index in [1.807, 2.05) is 0 Å². The molecule has 5 heteroatoms. The van der Waals surface area contributed by atoms with Gasteiger partial charge in [0.25, 0.3) is 0 Å². The number of nitrogens with zero attached hydrogens (tertiary/aromatic N) is 3. The summed E-state index contributed by atoms with van der Waals surface area (Å²) in [7, 11) is 0. The SMILES string of the molecule is N#CC1CN(Cc2cocn2)CCC1=N. The number of aromatic nitrogens is 1. The summed E-state index contributed by atoms with van der Waals surface area (Å²) in [6.07, 6.45) is 3.69. The fraction of sp³-hybridized carbons (Fsp3) is 0.500. The molecule has 0 bridgehead atoms. The third-order valence-electron chi connectivity index (χ3n) is 2.58. The van der Waals surface area contributed by atoms with E-state index in [1.165, 1.54) is 6.39 Å². The van der Waals surface area contributed by atoms with Gasteiger partial charge < -0.3 is 9.83 Å². The van der Waals surface area contributed by atoms with Crippen molar-refractivity contribution in [3.05, 3.63) is 18.4 Å². The van der Waals surface area contributed by atoms with Gasteiger partial charge in [0.15, 0.2) is 6.39 Å². The zero-order chi connectivity index (χ0) is 10.7. The van der Waals surface area contributed by atoms with E-state index in [0.717, 1.165) is 12.2 Å². The quantitative estimate of drug-likeness (QED) is 0.780. The standard InChI is InChI=1S/C10H12N4O/c11-3-8-4-14(2-1-10(8)12)5-9-6-15-7-13-9/h6-8,12H,1-2,4-5H2. The van der Waals surface area contributed by atoms with Crippen molar-refractivity contribution in [1.29, 1.82) is 10.7 Å². The number of hydrogen-bond acceptors (Lipinski definition) is 5. The Hall–Kier alpha value is -1.67. The summed E-state index contributed by atoms with van der Waals surface area (Å²) in [5.41, 5.74) is 1.43. The van der Waals surface area contributed by atoms with E-state index in [1.54, 1.807) is 6.26 Å². The normalized spacial score (nSPS) is 22.6. The van der Waals surface area contributed by atoms with Gasteiger partial charge in [-0.25, -0.2) is 4.98 Å². The summed E-state index contributed by atoms with van der Waals surface area (Å²) < 4.78 is 4.89. The molecule has 2 rings (SSSR count). The Morgan fingerprint density at radius 3 is 3.27 bits per heavy atom. The number of hydrogen-bond donors (Lipinski definition) is 1. The van der Waals surface area contributed by atoms with Crippen LogP contribution in [-0.4, -0.2) is 28.7 Å². The van der Waals surface area contributed by atoms with Crippen molar-refractivity contribution in [3.8, 4) is 6.07 Å². The zero-order valence-corrected chi connectivity index (χ0v) is 8.31. The molecule has 0 radical (unpaired) electrons. The molecule has 15 heavy (non-hydrogen) atoms. The average molecular weight is 204 g/mol. The van der Waals surface area contributed by atoms with Gasteiger partial charge in [-0.3, -0.25) is 4.90 Å². The molecule has 1 saturated heterocycles. The number of oxazole rings is 1. The Morgan fingerprint density at radius 2 is 2.60 bits per heavy atom. The predicted molar refractivity (Wildman–Crippen MR) is 53.2 cm³/mol. The molecule has 0 saturated carbocycles. The van der Waals surface area contributed by atoms with Gasteiger partial charge in [0.1, 0.15) is 6.26 Å². The molecule has 1 aliphatic heterocycles. The highest BCUT2D eigenvalue weighted by Gasteiger charge is 2.24. The van der Waals surface area contributed by atoms with Crippen LogP contribution in [-0.2, 0) is 6.54 Å². The lowest BCUT2D eigenvalue weighted by atomic mass is 9.97. The fourth-order valence-corrected chi connectivity index (χ4v) is 1.72. The Morgan fingerprint density at radius 1 is 1.73 bits per heavy atom. The number of likely N-dealkylation sites (tertiary alicyclic amines) is 1. The van der Waals surface area contributed by atoms with Gasteiger partial charge in [-0.2, -0.15) is 5.26 Å². The van der Waals surface area contributed by atoms with Crippen molar-refractivity contribution in [3.63, 3.8) is 0 Å². The van der Waals surface area contributed by atoms with Crippen LogP contribution < -0.4 is 0 Å². The smallest absolute Gasteiger partial charge is 0.180 e. The third kappa shape index (κ3) is 2.22. The molecule has 0 spiro atoms. The van der Waals surface area contributed by atoms with Gasteiger partial charge in [0.05, 0.1) is 17.7 Å². The molecule has 1 atom stereocenters. The second kappa shape index (κ2) is 4.24. The lowest BCUT2D eigenvalue weighted by molar-refractivity contribution is 0.244. The van der Waals surface area contributed by atoms with Crippen LogP contribution in [0.25, 0.3) is 0 Å². The topological polar surface area (TPSA) is 76.9 Å². The highest BCUT2D eigenvalue weighted by Crippen LogP contribution is 2.14. The van der Waals surface area contributed by atoms with Crippen molar-refractivity contribution in [1.82, 2.24) is 9.88 Å². The minimum atomic E-state index is -0.259. The minimum Gasteiger partial charge on any atom is -0.451 e. The van der Waals surface area contributed by atoms with Crippen molar-refractivity contribution in [2.75, 3.05) is 13.1 Å². The van der Waals surface area contributed by atoms with Crippen LogP contribution in [0.15, 0.2) is 17.1 Å². The largest absolute Gasteiger partial charge is 0.451 e. The van der Waals surface area contributed by atoms with Crippen LogP contribution >= 0.6 is 0 Å². The monoisotopic (exact) mass is 204 g/mol. The summed E-state index contributed by atoms with van der Waals surface area (Å²) in [5, 5.41) is 16.5. The van der Waals surface area contributed by atoms with Crippen LogP contribution in [0.4, 0.5) is 0 Å². The fourth-order valence-electron chi connectivity index (χ4n) is 1.72. The molecule has 1 aromatic heterocycles. The molecule has 1 aliphatic rings. The minimum absolute atomic E-state index is 0.259. The van der Waals surface area contributed by atoms with Crippen LogP contribution in [0, 0.1) is 22.7 Å². The summed E-state index contributed by atoms with van der Waals surface area (Å²) in [5.74, 6) is -0.259. The van der Waals surface area contributed by atoms with Crippen LogP contribution in [0.3, 0.4) is 0 Å². The second-order valence-corrected chi connectivity index (χ2v) is 3.67. The molecule has 1 fully saturated rings. The van der Waals surface area contributed by atoms with Gasteiger partial charge >= 0.3 is 0 Å². The Labute approximate surface area is 87.8 Å². The molecule has 0 amide bonds. The van der Waals surface area contributed by atoms with E-state index in [-0.39, 0.29) is 5.92 Å². The van der Waals surface area contributed by atoms with Crippen LogP contribution in [0.5, 0.6) is 0 Å². The number of nitriles is 1. The van der Waals surface area contributed by atoms with Gasteiger partial charge in [-0.05, 0) is 6.42 Å². The van der Waals surface area contributed by atoms with Gasteiger partial charge in [-0.15, -0.1) is 0 Å². The van der Waals surface area contributed by atoms with Gasteiger partial charge in [0, 0.05) is 25.3 Å². The first kappa shape index (κ1) is 9.87. The summed E-state index contributed by atoms with van der Waals surface area (Å²) in [6, 6.07) is 2.15. The molecule has 1 aromatic rings. The lowest BCUT2D eigenvalue weighted by Crippen LogP contribution is -2.39. The average Bonchev–Trinajstić information content (AvgIpc) is 2.73. The summed E-state index contributed by atoms with van der Waals surface area (Å²) >= 11 is 0. The van der Waals surface area contributed by atoms with E-state index < -0.39 is 0 Å². The maximum absolute atomic E-state index is 8.85. The number of piperidine rings is 1. The first-order valence-electron chi connectivity index (χ1n) is 4.86. The molecular weight excluding hydrogens is 192 g/mol. The third-order valence-corrected chi connectivity index (χ3v) is 2.58. The second-order valence-electron chi connectivity index (χ2n) is 3.67. The van der Waals surface area contributed by atoms with E-state index in [9.17, 15) is 0 Å². The molecule has 1 unspecified atom stereocenters. The molecule has 0 aliphatic carbocycles. The molecule has 2 heterocycles. The first-order chi connectivity index (χ1) is 7.29. The highest BCUT2D eigenvalue weighted by atomic mass is 16.3. The Bertz CT molecular complexity index is 379. The molecule has 78 valence electrons. The van der Waals surface area contributed by atoms with E-state index >= 15 is 0 Å². The van der Waals surface area contributed by atoms with Gasteiger partial charge in [0.2, 0.25) is 0 Å².